The monoisotopic (exact) mass is 232 g/mol. The van der Waals surface area contributed by atoms with Gasteiger partial charge in [0.2, 0.25) is 0 Å². The van der Waals surface area contributed by atoms with E-state index in [-0.39, 0.29) is 5.69 Å². The van der Waals surface area contributed by atoms with Gasteiger partial charge in [-0.3, -0.25) is 5.10 Å². The molecule has 2 aromatic rings. The summed E-state index contributed by atoms with van der Waals surface area (Å²) in [6.45, 7) is 1.85. The van der Waals surface area contributed by atoms with Crippen molar-refractivity contribution in [2.24, 2.45) is 0 Å². The molecule has 0 spiro atoms. The molecule has 0 bridgehead atoms. The number of hydrogen-bond acceptors (Lipinski definition) is 2. The molecule has 0 aromatic carbocycles. The lowest BCUT2D eigenvalue weighted by atomic mass is 10.1. The zero-order valence-electron chi connectivity index (χ0n) is 7.72. The largest absolute Gasteiger partial charge is 0.420 e. The molecule has 0 fully saturated rings. The van der Waals surface area contributed by atoms with E-state index in [1.807, 2.05) is 6.92 Å². The second-order valence-electron chi connectivity index (χ2n) is 3.10. The fourth-order valence-electron chi connectivity index (χ4n) is 1.30. The summed E-state index contributed by atoms with van der Waals surface area (Å²) < 4.78 is 37.6. The second kappa shape index (κ2) is 3.37. The zero-order chi connectivity index (χ0) is 11.1. The van der Waals surface area contributed by atoms with Crippen LogP contribution in [0.5, 0.6) is 0 Å². The third kappa shape index (κ3) is 1.90. The zero-order valence-corrected chi connectivity index (χ0v) is 8.54. The molecule has 0 atom stereocenters. The Bertz CT molecular complexity index is 470. The van der Waals surface area contributed by atoms with Crippen molar-refractivity contribution in [3.05, 3.63) is 28.1 Å². The van der Waals surface area contributed by atoms with Crippen LogP contribution in [0.4, 0.5) is 13.2 Å². The van der Waals surface area contributed by atoms with Crippen molar-refractivity contribution < 1.29 is 13.2 Å². The molecule has 15 heavy (non-hydrogen) atoms. The van der Waals surface area contributed by atoms with Crippen molar-refractivity contribution in [3.8, 4) is 11.3 Å². The molecule has 0 amide bonds. The van der Waals surface area contributed by atoms with Gasteiger partial charge in [-0.15, -0.1) is 11.3 Å². The van der Waals surface area contributed by atoms with Crippen LogP contribution in [0.1, 0.15) is 10.4 Å². The number of aromatic amines is 1. The van der Waals surface area contributed by atoms with Crippen molar-refractivity contribution in [3.63, 3.8) is 0 Å². The number of aryl methyl sites for hydroxylation is 1. The lowest BCUT2D eigenvalue weighted by molar-refractivity contribution is -0.137. The van der Waals surface area contributed by atoms with Gasteiger partial charge in [0.15, 0.2) is 0 Å². The van der Waals surface area contributed by atoms with Crippen molar-refractivity contribution in [2.75, 3.05) is 0 Å². The number of alkyl halides is 3. The average Bonchev–Trinajstić information content (AvgIpc) is 2.68. The van der Waals surface area contributed by atoms with E-state index in [0.717, 1.165) is 11.1 Å². The van der Waals surface area contributed by atoms with E-state index in [0.29, 0.717) is 5.56 Å². The van der Waals surface area contributed by atoms with E-state index in [1.165, 1.54) is 11.3 Å². The minimum atomic E-state index is -4.36. The number of rotatable bonds is 1. The van der Waals surface area contributed by atoms with Gasteiger partial charge in [-0.05, 0) is 13.0 Å². The number of hydrogen-bond donors (Lipinski definition) is 1. The maximum Gasteiger partial charge on any atom is 0.420 e. The molecule has 0 unspecified atom stereocenters. The highest BCUT2D eigenvalue weighted by Gasteiger charge is 2.35. The van der Waals surface area contributed by atoms with Gasteiger partial charge in [0, 0.05) is 15.8 Å². The number of nitrogens with zero attached hydrogens (tertiary/aromatic N) is 1. The van der Waals surface area contributed by atoms with E-state index in [4.69, 9.17) is 0 Å². The Morgan fingerprint density at radius 2 is 2.13 bits per heavy atom. The first-order valence-corrected chi connectivity index (χ1v) is 5.02. The number of aromatic nitrogens is 2. The van der Waals surface area contributed by atoms with Gasteiger partial charge in [-0.2, -0.15) is 18.3 Å². The Kier molecular flexibility index (Phi) is 2.30. The molecule has 0 aliphatic carbocycles. The van der Waals surface area contributed by atoms with Gasteiger partial charge in [0.05, 0.1) is 11.9 Å². The van der Waals surface area contributed by atoms with E-state index in [2.05, 4.69) is 10.2 Å². The third-order valence-electron chi connectivity index (χ3n) is 1.96. The molecule has 1 N–H and O–H groups in total. The molecule has 0 saturated heterocycles. The Hall–Kier alpha value is -1.30. The van der Waals surface area contributed by atoms with Gasteiger partial charge in [0.1, 0.15) is 5.56 Å². The second-order valence-corrected chi connectivity index (χ2v) is 4.22. The van der Waals surface area contributed by atoms with Crippen LogP contribution in [0.15, 0.2) is 17.6 Å². The van der Waals surface area contributed by atoms with Crippen LogP contribution in [0.25, 0.3) is 11.3 Å². The summed E-state index contributed by atoms with van der Waals surface area (Å²) in [5.74, 6) is 0. The summed E-state index contributed by atoms with van der Waals surface area (Å²) in [6.07, 6.45) is -3.56. The van der Waals surface area contributed by atoms with Crippen LogP contribution < -0.4 is 0 Å². The molecular weight excluding hydrogens is 225 g/mol. The number of H-pyrrole nitrogens is 1. The number of nitrogens with one attached hydrogen (secondary N) is 1. The predicted molar refractivity (Wildman–Crippen MR) is 51.6 cm³/mol. The topological polar surface area (TPSA) is 28.7 Å². The van der Waals surface area contributed by atoms with Crippen LogP contribution in [-0.4, -0.2) is 10.2 Å². The number of thiophene rings is 1. The summed E-state index contributed by atoms with van der Waals surface area (Å²) in [5, 5.41) is 7.49. The molecule has 2 nitrogen and oxygen atoms in total. The maximum absolute atomic E-state index is 12.5. The van der Waals surface area contributed by atoms with Gasteiger partial charge in [-0.1, -0.05) is 0 Å². The van der Waals surface area contributed by atoms with Crippen molar-refractivity contribution >= 4 is 11.3 Å². The minimum Gasteiger partial charge on any atom is -0.277 e. The van der Waals surface area contributed by atoms with E-state index in [9.17, 15) is 13.2 Å². The maximum atomic E-state index is 12.5. The SMILES string of the molecule is Cc1cc(-c2[nH]ncc2C(F)(F)F)cs1. The molecule has 80 valence electrons. The van der Waals surface area contributed by atoms with Gasteiger partial charge < -0.3 is 0 Å². The Morgan fingerprint density at radius 1 is 1.40 bits per heavy atom. The summed E-state index contributed by atoms with van der Waals surface area (Å²) in [4.78, 5) is 0.965. The molecule has 2 heterocycles. The fraction of sp³-hybridized carbons (Fsp3) is 0.222. The van der Waals surface area contributed by atoms with Crippen molar-refractivity contribution in [1.29, 1.82) is 0 Å². The molecule has 0 radical (unpaired) electrons. The third-order valence-corrected chi connectivity index (χ3v) is 2.83. The summed E-state index contributed by atoms with van der Waals surface area (Å²) in [5.41, 5.74) is -0.158. The lowest BCUT2D eigenvalue weighted by Gasteiger charge is -2.04. The normalized spacial score (nSPS) is 12.0. The van der Waals surface area contributed by atoms with E-state index in [1.54, 1.807) is 11.4 Å². The van der Waals surface area contributed by atoms with E-state index < -0.39 is 11.7 Å². The molecule has 2 rings (SSSR count). The highest BCUT2D eigenvalue weighted by atomic mass is 32.1. The first kappa shape index (κ1) is 10.2. The number of halogens is 3. The fourth-order valence-corrected chi connectivity index (χ4v) is 1.99. The van der Waals surface area contributed by atoms with Gasteiger partial charge in [0.25, 0.3) is 0 Å². The van der Waals surface area contributed by atoms with Crippen molar-refractivity contribution in [2.45, 2.75) is 13.1 Å². The molecule has 0 aliphatic rings. The first-order chi connectivity index (χ1) is 6.98. The van der Waals surface area contributed by atoms with Crippen LogP contribution in [-0.2, 0) is 6.18 Å². The summed E-state index contributed by atoms with van der Waals surface area (Å²) in [7, 11) is 0. The standard InChI is InChI=1S/C9H7F3N2S/c1-5-2-6(4-15-5)8-7(3-13-14-8)9(10,11)12/h2-4H,1H3,(H,13,14). The minimum absolute atomic E-state index is 0.0341. The van der Waals surface area contributed by atoms with Gasteiger partial charge >= 0.3 is 6.18 Å². The molecule has 6 heteroatoms. The van der Waals surface area contributed by atoms with Crippen LogP contribution in [0.3, 0.4) is 0 Å². The molecule has 2 aromatic heterocycles. The first-order valence-electron chi connectivity index (χ1n) is 4.14. The highest BCUT2D eigenvalue weighted by Crippen LogP contribution is 2.36. The highest BCUT2D eigenvalue weighted by molar-refractivity contribution is 7.10. The molecule has 0 aliphatic heterocycles. The smallest absolute Gasteiger partial charge is 0.277 e. The molecular formula is C9H7F3N2S. The Labute approximate surface area is 87.8 Å². The van der Waals surface area contributed by atoms with Crippen LogP contribution >= 0.6 is 11.3 Å². The van der Waals surface area contributed by atoms with Crippen LogP contribution in [0, 0.1) is 6.92 Å². The Balaban J connectivity index is 2.50. The van der Waals surface area contributed by atoms with Crippen LogP contribution in [0.2, 0.25) is 0 Å². The Morgan fingerprint density at radius 3 is 2.67 bits per heavy atom. The van der Waals surface area contributed by atoms with Crippen molar-refractivity contribution in [1.82, 2.24) is 10.2 Å². The summed E-state index contributed by atoms with van der Waals surface area (Å²) >= 11 is 1.41. The van der Waals surface area contributed by atoms with E-state index >= 15 is 0 Å². The molecule has 0 saturated carbocycles. The quantitative estimate of drug-likeness (QED) is 0.801. The predicted octanol–water partition coefficient (Wildman–Crippen LogP) is 3.47. The lowest BCUT2D eigenvalue weighted by Crippen LogP contribution is -2.04. The van der Waals surface area contributed by atoms with Gasteiger partial charge in [-0.25, -0.2) is 0 Å². The average molecular weight is 232 g/mol. The summed E-state index contributed by atoms with van der Waals surface area (Å²) in [6, 6.07) is 1.70.